The molecule has 2 heterocycles. The van der Waals surface area contributed by atoms with Gasteiger partial charge in [-0.25, -0.2) is 0 Å². The van der Waals surface area contributed by atoms with Gasteiger partial charge in [-0.2, -0.15) is 10.2 Å². The van der Waals surface area contributed by atoms with Crippen LogP contribution in [0.2, 0.25) is 0 Å². The zero-order chi connectivity index (χ0) is 22.9. The number of nitrogen functional groups attached to an aromatic ring is 1. The summed E-state index contributed by atoms with van der Waals surface area (Å²) in [5.74, 6) is 4.71. The average molecular weight is 419 g/mol. The molecule has 30 heavy (non-hydrogen) atoms. The van der Waals surface area contributed by atoms with E-state index in [1.807, 2.05) is 27.7 Å². The predicted octanol–water partition coefficient (Wildman–Crippen LogP) is 2.50. The Morgan fingerprint density at radius 1 is 0.833 bits per heavy atom. The fourth-order valence-electron chi connectivity index (χ4n) is 2.96. The van der Waals surface area contributed by atoms with Crippen LogP contribution in [0.4, 0.5) is 17.1 Å². The Labute approximate surface area is 168 Å². The van der Waals surface area contributed by atoms with Gasteiger partial charge in [0.15, 0.2) is 0 Å². The van der Waals surface area contributed by atoms with Crippen molar-refractivity contribution < 1.29 is 19.9 Å². The first kappa shape index (κ1) is 21.9. The van der Waals surface area contributed by atoms with E-state index in [2.05, 4.69) is 10.2 Å². The van der Waals surface area contributed by atoms with E-state index in [1.54, 1.807) is 4.68 Å². The smallest absolute Gasteiger partial charge is 0.324 e. The molecule has 0 saturated heterocycles. The molecule has 1 aromatic carbocycles. The van der Waals surface area contributed by atoms with Crippen LogP contribution >= 0.6 is 0 Å². The van der Waals surface area contributed by atoms with E-state index in [9.17, 15) is 30.3 Å². The van der Waals surface area contributed by atoms with Gasteiger partial charge in [0.2, 0.25) is 0 Å². The lowest BCUT2D eigenvalue weighted by atomic mass is 10.1. The summed E-state index contributed by atoms with van der Waals surface area (Å²) in [7, 11) is 0. The van der Waals surface area contributed by atoms with Crippen LogP contribution in [0.1, 0.15) is 22.8 Å². The molecule has 0 bridgehead atoms. The largest absolute Gasteiger partial charge is 0.497 e. The maximum Gasteiger partial charge on any atom is 0.324 e. The van der Waals surface area contributed by atoms with Crippen molar-refractivity contribution in [1.82, 2.24) is 14.9 Å². The highest BCUT2D eigenvalue weighted by Gasteiger charge is 2.30. The average Bonchev–Trinajstić information content (AvgIpc) is 2.90. The zero-order valence-corrected chi connectivity index (χ0v) is 16.3. The molecule has 3 N–H and O–H groups in total. The summed E-state index contributed by atoms with van der Waals surface area (Å²) < 4.78 is 1.70. The van der Waals surface area contributed by atoms with Gasteiger partial charge < -0.3 is 10.9 Å². The Morgan fingerprint density at radius 3 is 1.50 bits per heavy atom. The summed E-state index contributed by atoms with van der Waals surface area (Å²) in [6.07, 6.45) is 0. The van der Waals surface area contributed by atoms with E-state index in [4.69, 9.17) is 10.9 Å². The van der Waals surface area contributed by atoms with Gasteiger partial charge in [-0.05, 0) is 27.7 Å². The van der Waals surface area contributed by atoms with Crippen molar-refractivity contribution in [3.8, 4) is 5.75 Å². The molecule has 0 amide bonds. The predicted molar refractivity (Wildman–Crippen MR) is 105 cm³/mol. The van der Waals surface area contributed by atoms with Crippen molar-refractivity contribution in [2.24, 2.45) is 0 Å². The Morgan fingerprint density at radius 2 is 1.20 bits per heavy atom. The number of hydrogen-bond acceptors (Lipinski definition) is 10. The molecule has 0 aliphatic heterocycles. The molecule has 0 unspecified atom stereocenters. The van der Waals surface area contributed by atoms with Gasteiger partial charge in [0, 0.05) is 22.2 Å². The molecule has 0 saturated carbocycles. The van der Waals surface area contributed by atoms with Crippen LogP contribution in [0, 0.1) is 58.0 Å². The molecule has 0 aliphatic rings. The monoisotopic (exact) mass is 419 g/mol. The number of nitrogens with zero attached hydrogens (tertiary/aromatic N) is 6. The molecule has 14 heteroatoms. The van der Waals surface area contributed by atoms with Crippen LogP contribution in [0.15, 0.2) is 12.1 Å². The zero-order valence-electron chi connectivity index (χ0n) is 16.3. The Bertz CT molecular complexity index is 1120. The minimum absolute atomic E-state index is 0.447. The molecular weight excluding hydrogens is 402 g/mol. The van der Waals surface area contributed by atoms with Crippen LogP contribution in [0.25, 0.3) is 10.8 Å². The van der Waals surface area contributed by atoms with Crippen molar-refractivity contribution in [3.05, 3.63) is 65.3 Å². The number of hydrogen-bond donors (Lipinski definition) is 2. The molecule has 158 valence electrons. The third-order valence-electron chi connectivity index (χ3n) is 4.43. The molecule has 3 rings (SSSR count). The first-order valence-corrected chi connectivity index (χ1v) is 8.25. The van der Waals surface area contributed by atoms with Crippen molar-refractivity contribution in [3.63, 3.8) is 0 Å². The Hall–Kier alpha value is -4.36. The van der Waals surface area contributed by atoms with Crippen molar-refractivity contribution in [1.29, 1.82) is 0 Å². The molecule has 0 fully saturated rings. The van der Waals surface area contributed by atoms with E-state index in [1.165, 1.54) is 0 Å². The van der Waals surface area contributed by atoms with Crippen LogP contribution in [0.5, 0.6) is 5.75 Å². The number of nitro benzene ring substituents is 3. The number of rotatable bonds is 3. The first-order chi connectivity index (χ1) is 13.9. The van der Waals surface area contributed by atoms with Crippen molar-refractivity contribution in [2.75, 3.05) is 5.84 Å². The number of phenolic OH excluding ortho intramolecular Hbond substituents is 1. The second-order valence-corrected chi connectivity index (χ2v) is 6.27. The van der Waals surface area contributed by atoms with Crippen LogP contribution in [0.3, 0.4) is 0 Å². The van der Waals surface area contributed by atoms with Gasteiger partial charge in [0.1, 0.15) is 0 Å². The van der Waals surface area contributed by atoms with Gasteiger partial charge in [-0.15, -0.1) is 0 Å². The number of benzene rings is 1. The SMILES string of the molecule is Cc1nnc(C)c2c(C)n(N)c(C)c12.O=[N+]([O-])c1cc([N+](=O)[O-])c(O)c([N+](=O)[O-])c1. The number of fused-ring (bicyclic) bond motifs is 1. The fourth-order valence-corrected chi connectivity index (χ4v) is 2.96. The van der Waals surface area contributed by atoms with E-state index >= 15 is 0 Å². The molecular formula is C16H17N7O7. The summed E-state index contributed by atoms with van der Waals surface area (Å²) in [5, 5.41) is 50.7. The normalized spacial score (nSPS) is 10.4. The second kappa shape index (κ2) is 7.94. The summed E-state index contributed by atoms with van der Waals surface area (Å²) in [4.78, 5) is 27.8. The standard InChI is InChI=1S/C10H14N4.C6H3N3O7/c1-5-9-7(3)14(11)8(4)10(9)6(2)13-12-5;10-6-4(8(13)14)1-3(7(11)12)2-5(6)9(15)16/h11H2,1-4H3;1-2,10H. The van der Waals surface area contributed by atoms with E-state index in [0.717, 1.165) is 33.5 Å². The fraction of sp³-hybridized carbons (Fsp3) is 0.250. The number of non-ortho nitro benzene ring substituents is 1. The lowest BCUT2D eigenvalue weighted by Gasteiger charge is -1.98. The number of aromatic nitrogens is 3. The molecule has 14 nitrogen and oxygen atoms in total. The van der Waals surface area contributed by atoms with Gasteiger partial charge in [0.05, 0.1) is 38.3 Å². The molecule has 2 aromatic heterocycles. The van der Waals surface area contributed by atoms with E-state index in [-0.39, 0.29) is 0 Å². The molecule has 0 atom stereocenters. The minimum Gasteiger partial charge on any atom is -0.497 e. The summed E-state index contributed by atoms with van der Waals surface area (Å²) in [6, 6.07) is 0.894. The number of aryl methyl sites for hydroxylation is 4. The maximum absolute atomic E-state index is 10.4. The second-order valence-electron chi connectivity index (χ2n) is 6.27. The van der Waals surface area contributed by atoms with Gasteiger partial charge in [-0.3, -0.25) is 35.0 Å². The highest BCUT2D eigenvalue weighted by molar-refractivity contribution is 5.91. The minimum atomic E-state index is -1.21. The van der Waals surface area contributed by atoms with Gasteiger partial charge in [0.25, 0.3) is 11.4 Å². The quantitative estimate of drug-likeness (QED) is 0.360. The first-order valence-electron chi connectivity index (χ1n) is 8.25. The van der Waals surface area contributed by atoms with Crippen LogP contribution in [-0.2, 0) is 0 Å². The lowest BCUT2D eigenvalue weighted by molar-refractivity contribution is -0.404. The molecule has 0 spiro atoms. The number of nitro groups is 3. The molecule has 0 aliphatic carbocycles. The summed E-state index contributed by atoms with van der Waals surface area (Å²) >= 11 is 0. The van der Waals surface area contributed by atoms with Gasteiger partial charge in [-0.1, -0.05) is 0 Å². The maximum atomic E-state index is 10.4. The molecule has 0 radical (unpaired) electrons. The highest BCUT2D eigenvalue weighted by atomic mass is 16.6. The number of aromatic hydroxyl groups is 1. The topological polar surface area (TPSA) is 206 Å². The van der Waals surface area contributed by atoms with Gasteiger partial charge >= 0.3 is 11.4 Å². The highest BCUT2D eigenvalue weighted by Crippen LogP contribution is 2.39. The van der Waals surface area contributed by atoms with Crippen LogP contribution in [-0.4, -0.2) is 34.7 Å². The van der Waals surface area contributed by atoms with Crippen LogP contribution < -0.4 is 5.84 Å². The number of nitrogens with two attached hydrogens (primary N) is 1. The Balaban J connectivity index is 0.000000215. The third-order valence-corrected chi connectivity index (χ3v) is 4.43. The van der Waals surface area contributed by atoms with E-state index in [0.29, 0.717) is 12.1 Å². The summed E-state index contributed by atoms with van der Waals surface area (Å²) in [6.45, 7) is 7.93. The third kappa shape index (κ3) is 3.78. The number of phenols is 1. The van der Waals surface area contributed by atoms with Crippen molar-refractivity contribution in [2.45, 2.75) is 27.7 Å². The van der Waals surface area contributed by atoms with Crippen molar-refractivity contribution >= 4 is 27.8 Å². The Kier molecular flexibility index (Phi) is 5.81. The van der Waals surface area contributed by atoms with E-state index < -0.39 is 37.6 Å². The summed E-state index contributed by atoms with van der Waals surface area (Å²) in [5.41, 5.74) is 0.977. The molecule has 3 aromatic rings. The lowest BCUT2D eigenvalue weighted by Crippen LogP contribution is -2.11.